The minimum atomic E-state index is 0.876. The van der Waals surface area contributed by atoms with E-state index in [1.807, 2.05) is 12.1 Å². The van der Waals surface area contributed by atoms with Crippen LogP contribution in [-0.4, -0.2) is 4.57 Å². The zero-order chi connectivity index (χ0) is 29.7. The van der Waals surface area contributed by atoms with Crippen LogP contribution in [0.4, 0.5) is 17.1 Å². The van der Waals surface area contributed by atoms with Gasteiger partial charge in [-0.25, -0.2) is 0 Å². The summed E-state index contributed by atoms with van der Waals surface area (Å²) in [6, 6.07) is 60.2. The predicted molar refractivity (Wildman–Crippen MR) is 188 cm³/mol. The molecule has 212 valence electrons. The van der Waals surface area contributed by atoms with Crippen molar-refractivity contribution in [1.29, 1.82) is 0 Å². The van der Waals surface area contributed by atoms with E-state index in [0.29, 0.717) is 0 Å². The summed E-state index contributed by atoms with van der Waals surface area (Å²) in [7, 11) is 0. The van der Waals surface area contributed by atoms with E-state index in [9.17, 15) is 0 Å². The fraction of sp³-hybridized carbons (Fsp3) is 0. The molecule has 0 spiro atoms. The van der Waals surface area contributed by atoms with Gasteiger partial charge in [0.15, 0.2) is 0 Å². The first-order valence-electron chi connectivity index (χ1n) is 15.3. The van der Waals surface area contributed by atoms with Crippen LogP contribution in [0.3, 0.4) is 0 Å². The van der Waals surface area contributed by atoms with Gasteiger partial charge in [-0.05, 0) is 77.9 Å². The van der Waals surface area contributed by atoms with E-state index >= 15 is 0 Å². The molecule has 0 radical (unpaired) electrons. The van der Waals surface area contributed by atoms with Gasteiger partial charge in [0.1, 0.15) is 11.2 Å². The molecular weight excluding hydrogens is 548 g/mol. The highest BCUT2D eigenvalue weighted by atomic mass is 16.3. The monoisotopic (exact) mass is 576 g/mol. The minimum Gasteiger partial charge on any atom is -0.456 e. The molecule has 3 nitrogen and oxygen atoms in total. The van der Waals surface area contributed by atoms with Crippen molar-refractivity contribution in [1.82, 2.24) is 4.57 Å². The van der Waals surface area contributed by atoms with Crippen LogP contribution in [0, 0.1) is 0 Å². The molecule has 0 saturated heterocycles. The summed E-state index contributed by atoms with van der Waals surface area (Å²) < 4.78 is 8.67. The number of para-hydroxylation sites is 3. The largest absolute Gasteiger partial charge is 0.456 e. The standard InChI is InChI=1S/C42H28N2O/c1-2-11-29(12-3-1)30-21-23-31(24-22-30)43(39-18-10-20-41-42(39)36-15-6-9-19-40(36)45-41)32-25-27-33(28-26-32)44-37-16-7-4-13-34(37)35-14-5-8-17-38(35)44/h1-28H. The zero-order valence-corrected chi connectivity index (χ0v) is 24.5. The summed E-state index contributed by atoms with van der Waals surface area (Å²) in [6.07, 6.45) is 0. The first-order valence-corrected chi connectivity index (χ1v) is 15.3. The average molecular weight is 577 g/mol. The SMILES string of the molecule is c1ccc(-c2ccc(N(c3ccc(-n4c5ccccc5c5ccccc54)cc3)c3cccc4oc5ccccc5c34)cc2)cc1. The Morgan fingerprint density at radius 1 is 0.400 bits per heavy atom. The molecule has 0 amide bonds. The van der Waals surface area contributed by atoms with Gasteiger partial charge >= 0.3 is 0 Å². The average Bonchev–Trinajstić information content (AvgIpc) is 3.66. The first kappa shape index (κ1) is 25.4. The van der Waals surface area contributed by atoms with Crippen LogP contribution < -0.4 is 4.90 Å². The van der Waals surface area contributed by atoms with Crippen LogP contribution in [0.1, 0.15) is 0 Å². The molecule has 0 unspecified atom stereocenters. The predicted octanol–water partition coefficient (Wildman–Crippen LogP) is 11.8. The number of hydrogen-bond acceptors (Lipinski definition) is 2. The number of nitrogens with zero attached hydrogens (tertiary/aromatic N) is 2. The highest BCUT2D eigenvalue weighted by Crippen LogP contribution is 2.43. The second-order valence-electron chi connectivity index (χ2n) is 11.4. The number of fused-ring (bicyclic) bond motifs is 6. The quantitative estimate of drug-likeness (QED) is 0.203. The molecule has 9 aromatic rings. The topological polar surface area (TPSA) is 21.3 Å². The summed E-state index contributed by atoms with van der Waals surface area (Å²) >= 11 is 0. The molecule has 0 fully saturated rings. The van der Waals surface area contributed by atoms with Crippen molar-refractivity contribution >= 4 is 60.8 Å². The highest BCUT2D eigenvalue weighted by molar-refractivity contribution is 6.13. The Labute approximate surface area is 260 Å². The first-order chi connectivity index (χ1) is 22.3. The fourth-order valence-electron chi connectivity index (χ4n) is 6.75. The molecule has 0 aliphatic carbocycles. The lowest BCUT2D eigenvalue weighted by molar-refractivity contribution is 0.669. The van der Waals surface area contributed by atoms with Gasteiger partial charge in [-0.3, -0.25) is 0 Å². The summed E-state index contributed by atoms with van der Waals surface area (Å²) in [5.74, 6) is 0. The Morgan fingerprint density at radius 3 is 1.62 bits per heavy atom. The van der Waals surface area contributed by atoms with Gasteiger partial charge in [-0.2, -0.15) is 0 Å². The van der Waals surface area contributed by atoms with Crippen LogP contribution in [0.25, 0.3) is 60.6 Å². The summed E-state index contributed by atoms with van der Waals surface area (Å²) in [6.45, 7) is 0. The Balaban J connectivity index is 1.23. The molecule has 0 aliphatic heterocycles. The van der Waals surface area contributed by atoms with Gasteiger partial charge in [0.2, 0.25) is 0 Å². The van der Waals surface area contributed by atoms with E-state index in [-0.39, 0.29) is 0 Å². The Bertz CT molecular complexity index is 2420. The van der Waals surface area contributed by atoms with Crippen molar-refractivity contribution in [2.75, 3.05) is 4.90 Å². The third-order valence-electron chi connectivity index (χ3n) is 8.80. The zero-order valence-electron chi connectivity index (χ0n) is 24.5. The lowest BCUT2D eigenvalue weighted by Crippen LogP contribution is -2.10. The van der Waals surface area contributed by atoms with Gasteiger partial charge in [-0.1, -0.05) is 103 Å². The summed E-state index contributed by atoms with van der Waals surface area (Å²) in [5.41, 5.74) is 10.9. The van der Waals surface area contributed by atoms with Crippen LogP contribution >= 0.6 is 0 Å². The van der Waals surface area contributed by atoms with E-state index < -0.39 is 0 Å². The Morgan fingerprint density at radius 2 is 0.933 bits per heavy atom. The molecule has 0 aliphatic rings. The molecule has 45 heavy (non-hydrogen) atoms. The maximum atomic E-state index is 6.31. The Kier molecular flexibility index (Phi) is 5.82. The van der Waals surface area contributed by atoms with Gasteiger partial charge in [-0.15, -0.1) is 0 Å². The molecule has 0 saturated carbocycles. The fourth-order valence-corrected chi connectivity index (χ4v) is 6.75. The lowest BCUT2D eigenvalue weighted by Gasteiger charge is -2.27. The summed E-state index contributed by atoms with van der Waals surface area (Å²) in [5, 5.41) is 4.73. The molecule has 0 bridgehead atoms. The van der Waals surface area contributed by atoms with Crippen molar-refractivity contribution in [3.05, 3.63) is 170 Å². The lowest BCUT2D eigenvalue weighted by atomic mass is 10.0. The van der Waals surface area contributed by atoms with Crippen molar-refractivity contribution in [2.45, 2.75) is 0 Å². The molecule has 7 aromatic carbocycles. The number of anilines is 3. The van der Waals surface area contributed by atoms with E-state index in [1.165, 1.54) is 32.9 Å². The van der Waals surface area contributed by atoms with E-state index in [4.69, 9.17) is 4.42 Å². The maximum absolute atomic E-state index is 6.31. The smallest absolute Gasteiger partial charge is 0.137 e. The molecule has 2 heterocycles. The number of aromatic nitrogens is 1. The molecule has 9 rings (SSSR count). The number of rotatable bonds is 5. The van der Waals surface area contributed by atoms with E-state index in [2.05, 4.69) is 167 Å². The molecule has 2 aromatic heterocycles. The van der Waals surface area contributed by atoms with Gasteiger partial charge in [0.05, 0.1) is 22.1 Å². The normalized spacial score (nSPS) is 11.6. The maximum Gasteiger partial charge on any atom is 0.137 e. The van der Waals surface area contributed by atoms with Crippen molar-refractivity contribution < 1.29 is 4.42 Å². The molecular formula is C42H28N2O. The van der Waals surface area contributed by atoms with Gasteiger partial charge < -0.3 is 13.9 Å². The summed E-state index contributed by atoms with van der Waals surface area (Å²) in [4.78, 5) is 2.34. The van der Waals surface area contributed by atoms with Crippen molar-refractivity contribution in [3.8, 4) is 16.8 Å². The number of benzene rings is 7. The number of hydrogen-bond donors (Lipinski definition) is 0. The minimum absolute atomic E-state index is 0.876. The van der Waals surface area contributed by atoms with Crippen LogP contribution in [0.2, 0.25) is 0 Å². The van der Waals surface area contributed by atoms with E-state index in [1.54, 1.807) is 0 Å². The van der Waals surface area contributed by atoms with Crippen molar-refractivity contribution in [2.24, 2.45) is 0 Å². The number of furan rings is 1. The van der Waals surface area contributed by atoms with Gasteiger partial charge in [0.25, 0.3) is 0 Å². The van der Waals surface area contributed by atoms with Crippen molar-refractivity contribution in [3.63, 3.8) is 0 Å². The second kappa shape index (κ2) is 10.3. The second-order valence-corrected chi connectivity index (χ2v) is 11.4. The molecule has 3 heteroatoms. The van der Waals surface area contributed by atoms with Gasteiger partial charge in [0, 0.05) is 33.2 Å². The van der Waals surface area contributed by atoms with Crippen LogP contribution in [0.5, 0.6) is 0 Å². The third-order valence-corrected chi connectivity index (χ3v) is 8.80. The molecule has 0 atom stereocenters. The van der Waals surface area contributed by atoms with Crippen LogP contribution in [-0.2, 0) is 0 Å². The van der Waals surface area contributed by atoms with E-state index in [0.717, 1.165) is 44.7 Å². The third kappa shape index (κ3) is 4.13. The Hall–Kier alpha value is -6.06. The molecule has 0 N–H and O–H groups in total. The highest BCUT2D eigenvalue weighted by Gasteiger charge is 2.20. The van der Waals surface area contributed by atoms with Crippen LogP contribution in [0.15, 0.2) is 174 Å².